The molecule has 0 aliphatic heterocycles. The number of fused-ring (bicyclic) bond motifs is 1. The van der Waals surface area contributed by atoms with Crippen LogP contribution in [0.2, 0.25) is 0 Å². The van der Waals surface area contributed by atoms with Crippen molar-refractivity contribution in [2.45, 2.75) is 13.1 Å². The maximum Gasteiger partial charge on any atom is 0.267 e. The predicted molar refractivity (Wildman–Crippen MR) is 123 cm³/mol. The monoisotopic (exact) mass is 432 g/mol. The van der Waals surface area contributed by atoms with Crippen LogP contribution in [-0.2, 0) is 22.6 Å². The van der Waals surface area contributed by atoms with E-state index in [-0.39, 0.29) is 18.0 Å². The van der Waals surface area contributed by atoms with E-state index in [9.17, 15) is 9.59 Å². The van der Waals surface area contributed by atoms with Crippen molar-refractivity contribution in [1.82, 2.24) is 14.3 Å². The van der Waals surface area contributed by atoms with Gasteiger partial charge in [0.15, 0.2) is 0 Å². The summed E-state index contributed by atoms with van der Waals surface area (Å²) >= 11 is 0. The first-order valence-electron chi connectivity index (χ1n) is 10.2. The molecule has 8 heteroatoms. The SMILES string of the molecule is COCCn1ccc2c(NC(=O)Cn3nc(-c4cccc(OC)c4)ccc3=O)cccc21. The second-order valence-electron chi connectivity index (χ2n) is 7.23. The van der Waals surface area contributed by atoms with Crippen LogP contribution >= 0.6 is 0 Å². The van der Waals surface area contributed by atoms with Crippen molar-refractivity contribution in [3.63, 3.8) is 0 Å². The minimum atomic E-state index is -0.351. The number of ether oxygens (including phenoxy) is 2. The number of carbonyl (C=O) groups is 1. The van der Waals surface area contributed by atoms with Crippen LogP contribution in [-0.4, -0.2) is 41.1 Å². The summed E-state index contributed by atoms with van der Waals surface area (Å²) in [5, 5.41) is 8.19. The van der Waals surface area contributed by atoms with Gasteiger partial charge in [-0.2, -0.15) is 5.10 Å². The molecule has 4 aromatic rings. The lowest BCUT2D eigenvalue weighted by Gasteiger charge is -2.10. The van der Waals surface area contributed by atoms with Gasteiger partial charge in [-0.15, -0.1) is 0 Å². The summed E-state index contributed by atoms with van der Waals surface area (Å²) in [6.45, 7) is 1.11. The topological polar surface area (TPSA) is 87.4 Å². The molecule has 164 valence electrons. The first-order chi connectivity index (χ1) is 15.6. The first kappa shape index (κ1) is 21.3. The Morgan fingerprint density at radius 2 is 1.91 bits per heavy atom. The Hall–Kier alpha value is -3.91. The number of benzene rings is 2. The summed E-state index contributed by atoms with van der Waals surface area (Å²) in [7, 11) is 3.25. The van der Waals surface area contributed by atoms with E-state index in [1.807, 2.05) is 54.7 Å². The van der Waals surface area contributed by atoms with Crippen molar-refractivity contribution in [3.05, 3.63) is 77.2 Å². The molecule has 8 nitrogen and oxygen atoms in total. The Balaban J connectivity index is 1.54. The minimum absolute atomic E-state index is 0.197. The van der Waals surface area contributed by atoms with Gasteiger partial charge in [0, 0.05) is 36.9 Å². The van der Waals surface area contributed by atoms with Gasteiger partial charge < -0.3 is 19.4 Å². The Morgan fingerprint density at radius 1 is 1.06 bits per heavy atom. The average molecular weight is 432 g/mol. The molecule has 0 atom stereocenters. The Labute approximate surface area is 185 Å². The molecule has 0 aliphatic rings. The minimum Gasteiger partial charge on any atom is -0.497 e. The third-order valence-electron chi connectivity index (χ3n) is 5.15. The third-order valence-corrected chi connectivity index (χ3v) is 5.15. The first-order valence-corrected chi connectivity index (χ1v) is 10.2. The highest BCUT2D eigenvalue weighted by Gasteiger charge is 2.12. The van der Waals surface area contributed by atoms with E-state index >= 15 is 0 Å². The highest BCUT2D eigenvalue weighted by molar-refractivity contribution is 6.01. The number of hydrogen-bond donors (Lipinski definition) is 1. The Morgan fingerprint density at radius 3 is 2.72 bits per heavy atom. The van der Waals surface area contributed by atoms with E-state index in [0.717, 1.165) is 21.1 Å². The molecule has 0 unspecified atom stereocenters. The number of nitrogens with one attached hydrogen (secondary N) is 1. The van der Waals surface area contributed by atoms with Crippen LogP contribution in [0.5, 0.6) is 5.75 Å². The van der Waals surface area contributed by atoms with Crippen LogP contribution in [0.25, 0.3) is 22.2 Å². The van der Waals surface area contributed by atoms with E-state index in [1.54, 1.807) is 20.3 Å². The zero-order valence-electron chi connectivity index (χ0n) is 17.9. The summed E-state index contributed by atoms with van der Waals surface area (Å²) in [6, 6.07) is 18.1. The molecule has 0 aliphatic carbocycles. The van der Waals surface area contributed by atoms with Crippen molar-refractivity contribution in [2.24, 2.45) is 0 Å². The molecule has 32 heavy (non-hydrogen) atoms. The van der Waals surface area contributed by atoms with Gasteiger partial charge in [-0.05, 0) is 36.4 Å². The van der Waals surface area contributed by atoms with Crippen molar-refractivity contribution in [1.29, 1.82) is 0 Å². The quantitative estimate of drug-likeness (QED) is 0.462. The fraction of sp³-hybridized carbons (Fsp3) is 0.208. The van der Waals surface area contributed by atoms with Crippen molar-refractivity contribution >= 4 is 22.5 Å². The van der Waals surface area contributed by atoms with E-state index in [2.05, 4.69) is 15.0 Å². The predicted octanol–water partition coefficient (Wildman–Crippen LogP) is 3.16. The van der Waals surface area contributed by atoms with Crippen LogP contribution in [0.4, 0.5) is 5.69 Å². The zero-order chi connectivity index (χ0) is 22.5. The van der Waals surface area contributed by atoms with E-state index in [0.29, 0.717) is 30.3 Å². The number of anilines is 1. The Bertz CT molecular complexity index is 1310. The zero-order valence-corrected chi connectivity index (χ0v) is 17.9. The molecule has 1 amide bonds. The number of methoxy groups -OCH3 is 2. The summed E-state index contributed by atoms with van der Waals surface area (Å²) in [5.74, 6) is 0.352. The molecule has 0 saturated heterocycles. The lowest BCUT2D eigenvalue weighted by Crippen LogP contribution is -2.29. The van der Waals surface area contributed by atoms with Crippen molar-refractivity contribution in [3.8, 4) is 17.0 Å². The normalized spacial score (nSPS) is 10.9. The van der Waals surface area contributed by atoms with Gasteiger partial charge in [-0.1, -0.05) is 18.2 Å². The molecular weight excluding hydrogens is 408 g/mol. The van der Waals surface area contributed by atoms with E-state index in [1.165, 1.54) is 6.07 Å². The van der Waals surface area contributed by atoms with Crippen molar-refractivity contribution in [2.75, 3.05) is 26.1 Å². The number of nitrogens with zero attached hydrogens (tertiary/aromatic N) is 3. The standard InChI is InChI=1S/C24H24N4O4/c1-31-14-13-27-12-11-19-21(7-4-8-22(19)27)25-23(29)16-28-24(30)10-9-20(26-28)17-5-3-6-18(15-17)32-2/h3-12,15H,13-14,16H2,1-2H3,(H,25,29). The van der Waals surface area contributed by atoms with Gasteiger partial charge in [0.2, 0.25) is 5.91 Å². The molecule has 2 heterocycles. The lowest BCUT2D eigenvalue weighted by atomic mass is 10.1. The average Bonchev–Trinajstić information content (AvgIpc) is 3.23. The van der Waals surface area contributed by atoms with Crippen LogP contribution in [0.1, 0.15) is 0 Å². The summed E-state index contributed by atoms with van der Waals surface area (Å²) < 4.78 is 13.6. The van der Waals surface area contributed by atoms with Crippen LogP contribution in [0, 0.1) is 0 Å². The van der Waals surface area contributed by atoms with Gasteiger partial charge in [-0.25, -0.2) is 4.68 Å². The lowest BCUT2D eigenvalue weighted by molar-refractivity contribution is -0.117. The second kappa shape index (κ2) is 9.49. The Kier molecular flexibility index (Phi) is 6.32. The molecule has 0 bridgehead atoms. The second-order valence-corrected chi connectivity index (χ2v) is 7.23. The molecule has 0 fully saturated rings. The molecule has 0 spiro atoms. The highest BCUT2D eigenvalue weighted by Crippen LogP contribution is 2.25. The third kappa shape index (κ3) is 4.55. The fourth-order valence-electron chi connectivity index (χ4n) is 3.54. The summed E-state index contributed by atoms with van der Waals surface area (Å²) in [5.41, 5.74) is 2.70. The van der Waals surface area contributed by atoms with Gasteiger partial charge in [0.25, 0.3) is 5.56 Å². The van der Waals surface area contributed by atoms with Crippen LogP contribution in [0.15, 0.2) is 71.7 Å². The maximum atomic E-state index is 12.7. The van der Waals surface area contributed by atoms with Crippen LogP contribution < -0.4 is 15.6 Å². The van der Waals surface area contributed by atoms with Gasteiger partial charge in [-0.3, -0.25) is 9.59 Å². The number of amides is 1. The fourth-order valence-corrected chi connectivity index (χ4v) is 3.54. The molecule has 1 N–H and O–H groups in total. The maximum absolute atomic E-state index is 12.7. The van der Waals surface area contributed by atoms with Crippen LogP contribution in [0.3, 0.4) is 0 Å². The highest BCUT2D eigenvalue weighted by atomic mass is 16.5. The molecular formula is C24H24N4O4. The summed E-state index contributed by atoms with van der Waals surface area (Å²) in [4.78, 5) is 25.1. The van der Waals surface area contributed by atoms with E-state index in [4.69, 9.17) is 9.47 Å². The molecule has 4 rings (SSSR count). The number of carbonyl (C=O) groups excluding carboxylic acids is 1. The number of rotatable bonds is 8. The summed E-state index contributed by atoms with van der Waals surface area (Å²) in [6.07, 6.45) is 1.96. The molecule has 0 saturated carbocycles. The number of aromatic nitrogens is 3. The number of hydrogen-bond acceptors (Lipinski definition) is 5. The van der Waals surface area contributed by atoms with Gasteiger partial charge in [0.1, 0.15) is 12.3 Å². The molecule has 2 aromatic carbocycles. The molecule has 0 radical (unpaired) electrons. The largest absolute Gasteiger partial charge is 0.497 e. The smallest absolute Gasteiger partial charge is 0.267 e. The van der Waals surface area contributed by atoms with E-state index < -0.39 is 0 Å². The van der Waals surface area contributed by atoms with Gasteiger partial charge in [0.05, 0.1) is 30.6 Å². The molecule has 2 aromatic heterocycles. The van der Waals surface area contributed by atoms with Crippen molar-refractivity contribution < 1.29 is 14.3 Å². The van der Waals surface area contributed by atoms with Gasteiger partial charge >= 0.3 is 0 Å².